The highest BCUT2D eigenvalue weighted by atomic mass is 32.1. The first kappa shape index (κ1) is 21.2. The van der Waals surface area contributed by atoms with Gasteiger partial charge in [0.1, 0.15) is 5.01 Å². The van der Waals surface area contributed by atoms with Crippen LogP contribution in [-0.4, -0.2) is 29.3 Å². The zero-order chi connectivity index (χ0) is 22.3. The molecule has 1 N–H and O–H groups in total. The molecule has 32 heavy (non-hydrogen) atoms. The maximum Gasteiger partial charge on any atom is 0.494 e. The van der Waals surface area contributed by atoms with Crippen LogP contribution in [0.15, 0.2) is 60.7 Å². The monoisotopic (exact) mass is 442 g/mol. The number of hydrogen-bond donors (Lipinski definition) is 1. The second kappa shape index (κ2) is 8.36. The molecule has 0 aliphatic rings. The molecule has 0 atom stereocenters. The maximum absolute atomic E-state index is 6.33. The molecule has 0 bridgehead atoms. The molecule has 0 radical (unpaired) electrons. The SMILES string of the molecule is CCOB(OC(C)(C)CC)c1ccc2[nH]c3c(ccc4nc(-c5ccccc5)sc43)c2c1. The molecule has 2 aromatic heterocycles. The smallest absolute Gasteiger partial charge is 0.408 e. The van der Waals surface area contributed by atoms with Gasteiger partial charge in [-0.25, -0.2) is 4.98 Å². The van der Waals surface area contributed by atoms with Gasteiger partial charge in [-0.05, 0) is 50.9 Å². The quantitative estimate of drug-likeness (QED) is 0.291. The molecule has 3 aromatic carbocycles. The molecule has 0 fully saturated rings. The molecule has 0 spiro atoms. The van der Waals surface area contributed by atoms with E-state index in [9.17, 15) is 0 Å². The van der Waals surface area contributed by atoms with Crippen LogP contribution >= 0.6 is 11.3 Å². The first-order chi connectivity index (χ1) is 15.5. The van der Waals surface area contributed by atoms with E-state index in [0.717, 1.165) is 39.0 Å². The number of rotatable bonds is 7. The number of thiazole rings is 1. The second-order valence-electron chi connectivity index (χ2n) is 8.67. The zero-order valence-corrected chi connectivity index (χ0v) is 19.8. The lowest BCUT2D eigenvalue weighted by atomic mass is 9.77. The van der Waals surface area contributed by atoms with Gasteiger partial charge in [0, 0.05) is 34.1 Å². The van der Waals surface area contributed by atoms with Gasteiger partial charge in [0.25, 0.3) is 0 Å². The van der Waals surface area contributed by atoms with Crippen molar-refractivity contribution in [2.45, 2.75) is 39.7 Å². The lowest BCUT2D eigenvalue weighted by Crippen LogP contribution is -2.43. The molecule has 2 heterocycles. The van der Waals surface area contributed by atoms with Crippen LogP contribution < -0.4 is 5.46 Å². The van der Waals surface area contributed by atoms with Crippen LogP contribution in [0.3, 0.4) is 0 Å². The number of fused-ring (bicyclic) bond motifs is 5. The Morgan fingerprint density at radius 1 is 1.00 bits per heavy atom. The summed E-state index contributed by atoms with van der Waals surface area (Å²) in [6.45, 7) is 8.95. The van der Waals surface area contributed by atoms with Crippen LogP contribution in [0.5, 0.6) is 0 Å². The number of aromatic amines is 1. The first-order valence-corrected chi connectivity index (χ1v) is 12.0. The molecular weight excluding hydrogens is 415 g/mol. The lowest BCUT2D eigenvalue weighted by Gasteiger charge is -2.28. The van der Waals surface area contributed by atoms with E-state index in [1.165, 1.54) is 15.5 Å². The molecule has 5 rings (SSSR count). The van der Waals surface area contributed by atoms with E-state index in [1.807, 2.05) is 13.0 Å². The molecule has 162 valence electrons. The van der Waals surface area contributed by atoms with Gasteiger partial charge in [0.05, 0.1) is 15.7 Å². The molecule has 6 heteroatoms. The Hall–Kier alpha value is -2.67. The largest absolute Gasteiger partial charge is 0.494 e. The summed E-state index contributed by atoms with van der Waals surface area (Å²) < 4.78 is 13.5. The van der Waals surface area contributed by atoms with Gasteiger partial charge in [-0.1, -0.05) is 49.4 Å². The minimum absolute atomic E-state index is 0.252. The summed E-state index contributed by atoms with van der Waals surface area (Å²) in [5.74, 6) is 0. The van der Waals surface area contributed by atoms with Crippen molar-refractivity contribution in [2.24, 2.45) is 0 Å². The summed E-state index contributed by atoms with van der Waals surface area (Å²) in [4.78, 5) is 8.51. The van der Waals surface area contributed by atoms with E-state index in [0.29, 0.717) is 6.61 Å². The average molecular weight is 442 g/mol. The summed E-state index contributed by atoms with van der Waals surface area (Å²) in [6, 6.07) is 21.1. The fourth-order valence-corrected chi connectivity index (χ4v) is 5.01. The minimum Gasteiger partial charge on any atom is -0.408 e. The van der Waals surface area contributed by atoms with E-state index in [2.05, 4.69) is 80.4 Å². The molecule has 0 amide bonds. The van der Waals surface area contributed by atoms with Gasteiger partial charge >= 0.3 is 7.12 Å². The van der Waals surface area contributed by atoms with Crippen LogP contribution in [0.1, 0.15) is 34.1 Å². The Morgan fingerprint density at radius 3 is 2.56 bits per heavy atom. The number of nitrogens with one attached hydrogen (secondary N) is 1. The topological polar surface area (TPSA) is 47.1 Å². The molecule has 0 aliphatic heterocycles. The number of hydrogen-bond acceptors (Lipinski definition) is 4. The number of nitrogens with zero attached hydrogens (tertiary/aromatic N) is 1. The Balaban J connectivity index is 1.62. The van der Waals surface area contributed by atoms with Gasteiger partial charge in [0.15, 0.2) is 0 Å². The summed E-state index contributed by atoms with van der Waals surface area (Å²) in [5.41, 5.74) is 5.20. The summed E-state index contributed by atoms with van der Waals surface area (Å²) in [5, 5.41) is 3.42. The lowest BCUT2D eigenvalue weighted by molar-refractivity contribution is 0.0706. The second-order valence-corrected chi connectivity index (χ2v) is 9.67. The Morgan fingerprint density at radius 2 is 1.81 bits per heavy atom. The highest BCUT2D eigenvalue weighted by Gasteiger charge is 2.29. The maximum atomic E-state index is 6.33. The molecule has 5 aromatic rings. The number of aromatic nitrogens is 2. The third kappa shape index (κ3) is 3.83. The molecule has 0 unspecified atom stereocenters. The molecule has 0 saturated heterocycles. The predicted molar refractivity (Wildman–Crippen MR) is 137 cm³/mol. The van der Waals surface area contributed by atoms with Gasteiger partial charge in [-0.2, -0.15) is 0 Å². The van der Waals surface area contributed by atoms with Crippen molar-refractivity contribution >= 4 is 55.9 Å². The fraction of sp³-hybridized carbons (Fsp3) is 0.269. The third-order valence-corrected chi connectivity index (χ3v) is 7.18. The number of H-pyrrole nitrogens is 1. The van der Waals surface area contributed by atoms with Crippen molar-refractivity contribution in [1.29, 1.82) is 0 Å². The van der Waals surface area contributed by atoms with E-state index < -0.39 is 0 Å². The van der Waals surface area contributed by atoms with Crippen LogP contribution in [0.4, 0.5) is 0 Å². The zero-order valence-electron chi connectivity index (χ0n) is 18.9. The average Bonchev–Trinajstić information content (AvgIpc) is 3.40. The molecule has 0 aliphatic carbocycles. The first-order valence-electron chi connectivity index (χ1n) is 11.2. The molecule has 4 nitrogen and oxygen atoms in total. The van der Waals surface area contributed by atoms with Gasteiger partial charge in [-0.15, -0.1) is 11.3 Å². The van der Waals surface area contributed by atoms with Crippen molar-refractivity contribution in [3.63, 3.8) is 0 Å². The van der Waals surface area contributed by atoms with Gasteiger partial charge in [0.2, 0.25) is 0 Å². The summed E-state index contributed by atoms with van der Waals surface area (Å²) in [6.07, 6.45) is 0.916. The Bertz CT molecular complexity index is 1390. The van der Waals surface area contributed by atoms with Gasteiger partial charge < -0.3 is 14.3 Å². The van der Waals surface area contributed by atoms with Crippen LogP contribution in [0, 0.1) is 0 Å². The normalized spacial score (nSPS) is 12.2. The molecule has 0 saturated carbocycles. The van der Waals surface area contributed by atoms with E-state index in [1.54, 1.807) is 11.3 Å². The van der Waals surface area contributed by atoms with Crippen molar-refractivity contribution in [2.75, 3.05) is 6.61 Å². The Kier molecular flexibility index (Phi) is 5.53. The van der Waals surface area contributed by atoms with Crippen molar-refractivity contribution < 1.29 is 9.31 Å². The summed E-state index contributed by atoms with van der Waals surface area (Å²) >= 11 is 1.73. The van der Waals surface area contributed by atoms with E-state index in [-0.39, 0.29) is 12.7 Å². The van der Waals surface area contributed by atoms with E-state index >= 15 is 0 Å². The van der Waals surface area contributed by atoms with Gasteiger partial charge in [-0.3, -0.25) is 0 Å². The molecular formula is C26H27BN2O2S. The van der Waals surface area contributed by atoms with Crippen LogP contribution in [-0.2, 0) is 9.31 Å². The Labute approximate surface area is 192 Å². The summed E-state index contributed by atoms with van der Waals surface area (Å²) in [7, 11) is -0.388. The van der Waals surface area contributed by atoms with Crippen LogP contribution in [0.25, 0.3) is 42.6 Å². The third-order valence-electron chi connectivity index (χ3n) is 6.04. The minimum atomic E-state index is -0.388. The number of benzene rings is 3. The van der Waals surface area contributed by atoms with E-state index in [4.69, 9.17) is 14.3 Å². The van der Waals surface area contributed by atoms with Crippen molar-refractivity contribution in [1.82, 2.24) is 9.97 Å². The highest BCUT2D eigenvalue weighted by molar-refractivity contribution is 7.22. The van der Waals surface area contributed by atoms with Crippen molar-refractivity contribution in [3.8, 4) is 10.6 Å². The van der Waals surface area contributed by atoms with Crippen molar-refractivity contribution in [3.05, 3.63) is 60.7 Å². The fourth-order valence-electron chi connectivity index (χ4n) is 3.94. The van der Waals surface area contributed by atoms with Crippen LogP contribution in [0.2, 0.25) is 0 Å². The predicted octanol–water partition coefficient (Wildman–Crippen LogP) is 6.53. The standard InChI is InChI=1S/C26H27BN2O2S/c1-5-26(3,4)31-27(30-6-2)18-12-14-21-20(16-18)19-13-15-22-24(23(19)28-21)32-25(29-22)17-10-8-7-9-11-17/h7-16,28H,5-6H2,1-4H3. The highest BCUT2D eigenvalue weighted by Crippen LogP contribution is 2.37.